The smallest absolute Gasteiger partial charge is 0.348 e. The molecule has 0 aliphatic carbocycles. The first kappa shape index (κ1) is 41.4. The van der Waals surface area contributed by atoms with E-state index in [1.807, 2.05) is 172 Å². The molecule has 0 spiro atoms. The van der Waals surface area contributed by atoms with Crippen LogP contribution in [0.15, 0.2) is 158 Å². The highest BCUT2D eigenvalue weighted by Crippen LogP contribution is 2.40. The summed E-state index contributed by atoms with van der Waals surface area (Å²) in [6.45, 7) is 4.71. The van der Waals surface area contributed by atoms with Crippen molar-refractivity contribution in [2.24, 2.45) is 0 Å². The fourth-order valence-electron chi connectivity index (χ4n) is 7.21. The van der Waals surface area contributed by atoms with Crippen molar-refractivity contribution in [3.05, 3.63) is 190 Å². The second-order valence-electron chi connectivity index (χ2n) is 14.6. The minimum Gasteiger partial charge on any atom is -0.489 e. The summed E-state index contributed by atoms with van der Waals surface area (Å²) < 4.78 is 15.5. The number of benzene rings is 4. The molecule has 0 fully saturated rings. The van der Waals surface area contributed by atoms with Crippen molar-refractivity contribution in [1.29, 1.82) is 0 Å². The molecule has 0 aliphatic heterocycles. The Balaban J connectivity index is 0.000000162. The van der Waals surface area contributed by atoms with Crippen molar-refractivity contribution in [3.63, 3.8) is 0 Å². The van der Waals surface area contributed by atoms with Crippen LogP contribution in [0, 0.1) is 13.8 Å². The molecule has 4 aromatic carbocycles. The molecule has 6 heterocycles. The van der Waals surface area contributed by atoms with Gasteiger partial charge in [0.25, 0.3) is 0 Å². The minimum absolute atomic E-state index is 0.210. The van der Waals surface area contributed by atoms with Crippen LogP contribution in [0.2, 0.25) is 0 Å². The highest BCUT2D eigenvalue weighted by Gasteiger charge is 2.25. The van der Waals surface area contributed by atoms with Crippen molar-refractivity contribution in [1.82, 2.24) is 29.2 Å². The number of ether oxygens (including phenoxy) is 2. The fourth-order valence-corrected chi connectivity index (χ4v) is 9.27. The van der Waals surface area contributed by atoms with Crippen molar-refractivity contribution in [2.75, 3.05) is 0 Å². The number of aromatic nitrogens is 6. The molecule has 0 radical (unpaired) electrons. The van der Waals surface area contributed by atoms with Crippen LogP contribution in [0.3, 0.4) is 0 Å². The molecule has 10 aromatic rings. The zero-order valence-electron chi connectivity index (χ0n) is 34.5. The molecule has 10 rings (SSSR count). The Morgan fingerprint density at radius 2 is 0.891 bits per heavy atom. The number of carboxylic acid groups (broad SMARTS) is 2. The molecule has 2 N–H and O–H groups in total. The number of fused-ring (bicyclic) bond motifs is 2. The van der Waals surface area contributed by atoms with Crippen LogP contribution in [0.4, 0.5) is 0 Å². The Bertz CT molecular complexity index is 3040. The van der Waals surface area contributed by atoms with Gasteiger partial charge >= 0.3 is 11.9 Å². The molecule has 0 saturated carbocycles. The van der Waals surface area contributed by atoms with Gasteiger partial charge in [0.1, 0.15) is 44.5 Å². The quantitative estimate of drug-likeness (QED) is 0.121. The molecule has 316 valence electrons. The zero-order valence-corrected chi connectivity index (χ0v) is 36.1. The summed E-state index contributed by atoms with van der Waals surface area (Å²) in [5.41, 5.74) is 9.44. The van der Waals surface area contributed by atoms with Gasteiger partial charge in [-0.3, -0.25) is 0 Å². The van der Waals surface area contributed by atoms with Gasteiger partial charge in [-0.2, -0.15) is 10.2 Å². The number of aryl methyl sites for hydroxylation is 2. The number of hydrogen-bond donors (Lipinski definition) is 2. The molecule has 0 atom stereocenters. The second-order valence-corrected chi connectivity index (χ2v) is 16.6. The molecule has 0 aliphatic rings. The molecule has 14 heteroatoms. The van der Waals surface area contributed by atoms with Gasteiger partial charge in [0.2, 0.25) is 0 Å². The summed E-state index contributed by atoms with van der Waals surface area (Å²) in [6.07, 6.45) is 3.69. The van der Waals surface area contributed by atoms with Crippen LogP contribution < -0.4 is 9.47 Å². The first-order valence-electron chi connectivity index (χ1n) is 20.1. The predicted molar refractivity (Wildman–Crippen MR) is 248 cm³/mol. The van der Waals surface area contributed by atoms with Crippen LogP contribution >= 0.6 is 22.7 Å². The van der Waals surface area contributed by atoms with E-state index in [-0.39, 0.29) is 9.75 Å². The van der Waals surface area contributed by atoms with E-state index in [9.17, 15) is 19.8 Å². The number of aromatic carboxylic acids is 2. The maximum absolute atomic E-state index is 11.9. The van der Waals surface area contributed by atoms with Gasteiger partial charge in [0.15, 0.2) is 0 Å². The number of thiazole rings is 2. The third-order valence-corrected chi connectivity index (χ3v) is 12.3. The van der Waals surface area contributed by atoms with Crippen LogP contribution in [0.5, 0.6) is 11.5 Å². The second kappa shape index (κ2) is 18.2. The SMILES string of the molecule is Cc1nn2ccc(OCc3ccccc3)cc2c1-c1nc(-c2ccccc2)c(C(=O)O)s1.Cc1nn2ccc(OCc3ccccc3)cc2c1-c1nc(-c2ccccc2)c(C(=O)O)s1. The number of nitrogens with zero attached hydrogens (tertiary/aromatic N) is 6. The van der Waals surface area contributed by atoms with Gasteiger partial charge in [-0.05, 0) is 37.1 Å². The van der Waals surface area contributed by atoms with E-state index in [1.54, 1.807) is 9.03 Å². The lowest BCUT2D eigenvalue weighted by atomic mass is 10.1. The lowest BCUT2D eigenvalue weighted by Crippen LogP contribution is -1.96. The Morgan fingerprint density at radius 1 is 0.531 bits per heavy atom. The summed E-state index contributed by atoms with van der Waals surface area (Å²) in [5, 5.41) is 30.0. The average Bonchev–Trinajstić information content (AvgIpc) is 4.11. The number of pyridine rings is 2. The first-order chi connectivity index (χ1) is 31.2. The molecule has 0 saturated heterocycles. The molecule has 0 bridgehead atoms. The summed E-state index contributed by atoms with van der Waals surface area (Å²) in [5.74, 6) is -0.566. The Morgan fingerprint density at radius 3 is 1.25 bits per heavy atom. The van der Waals surface area contributed by atoms with Crippen LogP contribution in [0.1, 0.15) is 41.9 Å². The Labute approximate surface area is 374 Å². The van der Waals surface area contributed by atoms with Gasteiger partial charge in [-0.15, -0.1) is 22.7 Å². The van der Waals surface area contributed by atoms with E-state index in [2.05, 4.69) is 10.2 Å². The van der Waals surface area contributed by atoms with Gasteiger partial charge in [0, 0.05) is 35.7 Å². The Kier molecular flexibility index (Phi) is 11.8. The summed E-state index contributed by atoms with van der Waals surface area (Å²) in [7, 11) is 0. The summed E-state index contributed by atoms with van der Waals surface area (Å²) >= 11 is 2.32. The van der Waals surface area contributed by atoms with Gasteiger partial charge in [-0.1, -0.05) is 121 Å². The van der Waals surface area contributed by atoms with Gasteiger partial charge in [-0.25, -0.2) is 28.6 Å². The van der Waals surface area contributed by atoms with Gasteiger partial charge < -0.3 is 19.7 Å². The van der Waals surface area contributed by atoms with E-state index < -0.39 is 11.9 Å². The molecule has 12 nitrogen and oxygen atoms in total. The highest BCUT2D eigenvalue weighted by molar-refractivity contribution is 7.17. The van der Waals surface area contributed by atoms with Gasteiger partial charge in [0.05, 0.1) is 44.9 Å². The summed E-state index contributed by atoms with van der Waals surface area (Å²) in [4.78, 5) is 33.7. The Hall–Kier alpha value is -7.94. The monoisotopic (exact) mass is 882 g/mol. The minimum atomic E-state index is -0.992. The van der Waals surface area contributed by atoms with Crippen LogP contribution in [-0.2, 0) is 13.2 Å². The van der Waals surface area contributed by atoms with Crippen molar-refractivity contribution < 1.29 is 29.3 Å². The maximum atomic E-state index is 11.9. The highest BCUT2D eigenvalue weighted by atomic mass is 32.1. The predicted octanol–water partition coefficient (Wildman–Crippen LogP) is 11.4. The fraction of sp³-hybridized carbons (Fsp3) is 0.0800. The van der Waals surface area contributed by atoms with Crippen LogP contribution in [-0.4, -0.2) is 51.3 Å². The average molecular weight is 883 g/mol. The van der Waals surface area contributed by atoms with Crippen molar-refractivity contribution in [2.45, 2.75) is 27.1 Å². The van der Waals surface area contributed by atoms with E-state index in [0.717, 1.165) is 78.5 Å². The molecular weight excluding hydrogens is 845 g/mol. The van der Waals surface area contributed by atoms with Crippen molar-refractivity contribution in [3.8, 4) is 55.2 Å². The topological polar surface area (TPSA) is 153 Å². The van der Waals surface area contributed by atoms with Crippen LogP contribution in [0.25, 0.3) is 54.7 Å². The summed E-state index contributed by atoms with van der Waals surface area (Å²) in [6, 6.07) is 46.2. The van der Waals surface area contributed by atoms with Crippen molar-refractivity contribution >= 4 is 45.6 Å². The lowest BCUT2D eigenvalue weighted by molar-refractivity contribution is 0.0691. The largest absolute Gasteiger partial charge is 0.489 e. The normalized spacial score (nSPS) is 11.0. The lowest BCUT2D eigenvalue weighted by Gasteiger charge is -2.07. The first-order valence-corrected chi connectivity index (χ1v) is 21.7. The molecule has 0 unspecified atom stereocenters. The zero-order chi connectivity index (χ0) is 44.2. The van der Waals surface area contributed by atoms with E-state index in [4.69, 9.17) is 19.4 Å². The number of carbonyl (C=O) groups is 2. The maximum Gasteiger partial charge on any atom is 0.348 e. The number of hydrogen-bond acceptors (Lipinski definition) is 10. The third kappa shape index (κ3) is 8.73. The number of rotatable bonds is 12. The third-order valence-electron chi connectivity index (χ3n) is 10.2. The van der Waals surface area contributed by atoms with E-state index in [0.29, 0.717) is 46.1 Å². The molecular formula is C50H38N6O6S2. The standard InChI is InChI=1S/2C25H19N3O3S/c2*1-16-21(24-26-22(23(32-24)25(29)30)18-10-6-3-7-11-18)20-14-19(12-13-28(20)27-16)31-15-17-8-4-2-5-9-17/h2*2-14H,15H2,1H3,(H,29,30). The number of carboxylic acids is 2. The van der Waals surface area contributed by atoms with E-state index in [1.165, 1.54) is 0 Å². The van der Waals surface area contributed by atoms with E-state index >= 15 is 0 Å². The molecule has 6 aromatic heterocycles. The molecule has 64 heavy (non-hydrogen) atoms. The molecule has 0 amide bonds.